The Morgan fingerprint density at radius 3 is 2.93 bits per heavy atom. The molecule has 1 unspecified atom stereocenters. The molecule has 144 valence electrons. The van der Waals surface area contributed by atoms with Gasteiger partial charge in [0.05, 0.1) is 5.69 Å². The normalized spacial score (nSPS) is 20.4. The molecule has 0 amide bonds. The molecule has 1 saturated heterocycles. The first-order valence-electron chi connectivity index (χ1n) is 9.85. The van der Waals surface area contributed by atoms with Crippen molar-refractivity contribution in [3.63, 3.8) is 0 Å². The number of rotatable bonds is 2. The maximum Gasteiger partial charge on any atom is 0.254 e. The third-order valence-electron chi connectivity index (χ3n) is 6.06. The lowest BCUT2D eigenvalue weighted by atomic mass is 9.77. The number of piperidine rings is 1. The molecule has 0 radical (unpaired) electrons. The van der Waals surface area contributed by atoms with E-state index in [0.717, 1.165) is 61.4 Å². The highest BCUT2D eigenvalue weighted by atomic mass is 16.1. The molecule has 7 heteroatoms. The van der Waals surface area contributed by atoms with Gasteiger partial charge in [0.25, 0.3) is 5.56 Å². The smallest absolute Gasteiger partial charge is 0.254 e. The zero-order chi connectivity index (χ0) is 19.8. The first-order valence-corrected chi connectivity index (χ1v) is 9.85. The van der Waals surface area contributed by atoms with E-state index < -0.39 is 0 Å². The van der Waals surface area contributed by atoms with E-state index >= 15 is 0 Å². The van der Waals surface area contributed by atoms with Crippen LogP contribution in [0.4, 0.5) is 5.82 Å². The van der Waals surface area contributed by atoms with Crippen molar-refractivity contribution in [1.82, 2.24) is 19.9 Å². The minimum Gasteiger partial charge on any atom is -0.356 e. The Kier molecular flexibility index (Phi) is 4.13. The van der Waals surface area contributed by atoms with Crippen molar-refractivity contribution < 1.29 is 0 Å². The Morgan fingerprint density at radius 1 is 1.17 bits per heavy atom. The van der Waals surface area contributed by atoms with Crippen LogP contribution in [-0.2, 0) is 11.8 Å². The maximum atomic E-state index is 12.8. The molecule has 0 aromatic carbocycles. The molecule has 7 nitrogen and oxygen atoms in total. The third kappa shape index (κ3) is 2.97. The fraction of sp³-hybridized carbons (Fsp3) is 0.318. The molecule has 29 heavy (non-hydrogen) atoms. The second-order valence-corrected chi connectivity index (χ2v) is 7.78. The van der Waals surface area contributed by atoms with Gasteiger partial charge in [0.2, 0.25) is 0 Å². The van der Waals surface area contributed by atoms with Crippen molar-refractivity contribution >= 4 is 5.82 Å². The van der Waals surface area contributed by atoms with E-state index in [1.807, 2.05) is 24.3 Å². The minimum absolute atomic E-state index is 0.0487. The molecule has 1 aliphatic heterocycles. The number of anilines is 1. The van der Waals surface area contributed by atoms with Gasteiger partial charge in [0.1, 0.15) is 23.4 Å². The Labute approximate surface area is 168 Å². The number of hydrogen-bond acceptors (Lipinski definition) is 6. The van der Waals surface area contributed by atoms with Crippen LogP contribution >= 0.6 is 0 Å². The monoisotopic (exact) mass is 384 g/mol. The van der Waals surface area contributed by atoms with Crippen LogP contribution in [0.25, 0.3) is 11.4 Å². The average Bonchev–Trinajstić information content (AvgIpc) is 3.12. The van der Waals surface area contributed by atoms with E-state index in [1.54, 1.807) is 18.5 Å². The van der Waals surface area contributed by atoms with E-state index in [4.69, 9.17) is 4.98 Å². The number of hydrogen-bond donors (Lipinski definition) is 1. The van der Waals surface area contributed by atoms with E-state index in [-0.39, 0.29) is 11.0 Å². The number of aromatic nitrogens is 4. The van der Waals surface area contributed by atoms with Crippen LogP contribution in [0.3, 0.4) is 0 Å². The quantitative estimate of drug-likeness (QED) is 0.729. The number of fused-ring (bicyclic) bond motifs is 2. The van der Waals surface area contributed by atoms with Crippen LogP contribution < -0.4 is 10.5 Å². The molecule has 4 heterocycles. The highest BCUT2D eigenvalue weighted by Crippen LogP contribution is 2.44. The van der Waals surface area contributed by atoms with Crippen molar-refractivity contribution in [1.29, 1.82) is 5.26 Å². The standard InChI is InChI=1S/C22H20N6O/c23-12-16-5-1-6-18(25-16)28-11-3-8-22(14-28)9-7-17-19(22)26-20(27-21(17)29)15-4-2-10-24-13-15/h1-2,4-6,10,13H,3,7-9,11,14H2,(H,26,27,29). The molecule has 1 atom stereocenters. The van der Waals surface area contributed by atoms with Gasteiger partial charge < -0.3 is 9.88 Å². The van der Waals surface area contributed by atoms with Crippen LogP contribution in [0.1, 0.15) is 36.2 Å². The van der Waals surface area contributed by atoms with E-state index in [2.05, 4.69) is 25.9 Å². The molecule has 1 spiro atoms. The Bertz CT molecular complexity index is 1170. The summed E-state index contributed by atoms with van der Waals surface area (Å²) < 4.78 is 0. The molecule has 3 aromatic heterocycles. The minimum atomic E-state index is -0.164. The zero-order valence-electron chi connectivity index (χ0n) is 15.9. The van der Waals surface area contributed by atoms with Crippen LogP contribution in [-0.4, -0.2) is 33.0 Å². The first-order chi connectivity index (χ1) is 14.2. The SMILES string of the molecule is N#Cc1cccc(N2CCCC3(CCc4c3nc(-c3cccnc3)[nH]c4=O)C2)n1. The Morgan fingerprint density at radius 2 is 2.10 bits per heavy atom. The molecule has 1 fully saturated rings. The van der Waals surface area contributed by atoms with Gasteiger partial charge in [-0.3, -0.25) is 9.78 Å². The molecule has 0 saturated carbocycles. The molecular weight excluding hydrogens is 364 g/mol. The summed E-state index contributed by atoms with van der Waals surface area (Å²) in [7, 11) is 0. The number of aromatic amines is 1. The van der Waals surface area contributed by atoms with Gasteiger partial charge in [-0.2, -0.15) is 5.26 Å². The Hall–Kier alpha value is -3.53. The van der Waals surface area contributed by atoms with Crippen molar-refractivity contribution in [3.8, 4) is 17.5 Å². The summed E-state index contributed by atoms with van der Waals surface area (Å²) in [6, 6.07) is 11.4. The van der Waals surface area contributed by atoms with E-state index in [1.165, 1.54) is 0 Å². The number of pyridine rings is 2. The largest absolute Gasteiger partial charge is 0.356 e. The zero-order valence-corrected chi connectivity index (χ0v) is 15.9. The summed E-state index contributed by atoms with van der Waals surface area (Å²) >= 11 is 0. The number of H-pyrrole nitrogens is 1. The van der Waals surface area contributed by atoms with Gasteiger partial charge in [-0.05, 0) is 49.9 Å². The summed E-state index contributed by atoms with van der Waals surface area (Å²) in [5.41, 5.74) is 2.74. The van der Waals surface area contributed by atoms with Crippen molar-refractivity contribution in [2.75, 3.05) is 18.0 Å². The number of nitrogens with one attached hydrogen (secondary N) is 1. The van der Waals surface area contributed by atoms with Gasteiger partial charge in [-0.1, -0.05) is 6.07 Å². The predicted molar refractivity (Wildman–Crippen MR) is 108 cm³/mol. The van der Waals surface area contributed by atoms with Crippen molar-refractivity contribution in [3.05, 3.63) is 70.0 Å². The summed E-state index contributed by atoms with van der Waals surface area (Å²) in [4.78, 5) is 31.5. The lowest BCUT2D eigenvalue weighted by Gasteiger charge is -2.41. The van der Waals surface area contributed by atoms with Gasteiger partial charge >= 0.3 is 0 Å². The van der Waals surface area contributed by atoms with Crippen LogP contribution in [0.15, 0.2) is 47.5 Å². The highest BCUT2D eigenvalue weighted by molar-refractivity contribution is 5.55. The molecule has 1 N–H and O–H groups in total. The number of nitriles is 1. The first kappa shape index (κ1) is 17.6. The van der Waals surface area contributed by atoms with Gasteiger partial charge in [-0.15, -0.1) is 0 Å². The van der Waals surface area contributed by atoms with Gasteiger partial charge in [0.15, 0.2) is 0 Å². The Balaban J connectivity index is 1.55. The van der Waals surface area contributed by atoms with Crippen molar-refractivity contribution in [2.45, 2.75) is 31.1 Å². The molecule has 0 bridgehead atoms. The second-order valence-electron chi connectivity index (χ2n) is 7.78. The van der Waals surface area contributed by atoms with E-state index in [9.17, 15) is 10.1 Å². The summed E-state index contributed by atoms with van der Waals surface area (Å²) in [5, 5.41) is 9.18. The molecule has 3 aromatic rings. The van der Waals surface area contributed by atoms with E-state index in [0.29, 0.717) is 11.5 Å². The van der Waals surface area contributed by atoms with Crippen LogP contribution in [0, 0.1) is 11.3 Å². The van der Waals surface area contributed by atoms with Crippen molar-refractivity contribution in [2.24, 2.45) is 0 Å². The molecule has 2 aliphatic rings. The fourth-order valence-electron chi connectivity index (χ4n) is 4.68. The third-order valence-corrected chi connectivity index (χ3v) is 6.06. The second kappa shape index (κ2) is 6.82. The predicted octanol–water partition coefficient (Wildman–Crippen LogP) is 2.58. The lowest BCUT2D eigenvalue weighted by Crippen LogP contribution is -2.46. The average molecular weight is 384 g/mol. The maximum absolute atomic E-state index is 12.8. The highest BCUT2D eigenvalue weighted by Gasteiger charge is 2.45. The molecular formula is C22H20N6O. The summed E-state index contributed by atoms with van der Waals surface area (Å²) in [6.45, 7) is 1.64. The van der Waals surface area contributed by atoms with Gasteiger partial charge in [0, 0.05) is 42.0 Å². The number of nitrogens with zero attached hydrogens (tertiary/aromatic N) is 5. The fourth-order valence-corrected chi connectivity index (χ4v) is 4.68. The summed E-state index contributed by atoms with van der Waals surface area (Å²) in [6.07, 6.45) is 7.06. The van der Waals surface area contributed by atoms with Gasteiger partial charge in [-0.25, -0.2) is 9.97 Å². The topological polar surface area (TPSA) is 98.6 Å². The van der Waals surface area contributed by atoms with Crippen LogP contribution in [0.2, 0.25) is 0 Å². The van der Waals surface area contributed by atoms with Crippen LogP contribution in [0.5, 0.6) is 0 Å². The molecule has 1 aliphatic carbocycles. The lowest BCUT2D eigenvalue weighted by molar-refractivity contribution is 0.333. The summed E-state index contributed by atoms with van der Waals surface area (Å²) in [5.74, 6) is 1.39. The molecule has 5 rings (SSSR count).